The highest BCUT2D eigenvalue weighted by atomic mass is 19.4. The van der Waals surface area contributed by atoms with Crippen molar-refractivity contribution >= 4 is 11.7 Å². The molecule has 2 aliphatic rings. The fourth-order valence-electron chi connectivity index (χ4n) is 5.94. The van der Waals surface area contributed by atoms with E-state index in [1.807, 2.05) is 24.3 Å². The first kappa shape index (κ1) is 29.7. The number of ether oxygens (including phenoxy) is 2. The van der Waals surface area contributed by atoms with Crippen LogP contribution >= 0.6 is 0 Å². The van der Waals surface area contributed by atoms with Crippen molar-refractivity contribution in [3.8, 4) is 28.3 Å². The van der Waals surface area contributed by atoms with E-state index in [9.17, 15) is 23.1 Å². The lowest BCUT2D eigenvalue weighted by Gasteiger charge is -2.40. The maximum absolute atomic E-state index is 13.1. The number of piperidine rings is 1. The van der Waals surface area contributed by atoms with Gasteiger partial charge < -0.3 is 24.0 Å². The van der Waals surface area contributed by atoms with Crippen LogP contribution in [0.1, 0.15) is 66.8 Å². The average molecular weight is 611 g/mol. The van der Waals surface area contributed by atoms with Gasteiger partial charge in [-0.05, 0) is 62.4 Å². The van der Waals surface area contributed by atoms with Crippen LogP contribution in [0.2, 0.25) is 0 Å². The van der Waals surface area contributed by atoms with Crippen molar-refractivity contribution in [3.63, 3.8) is 0 Å². The van der Waals surface area contributed by atoms with Gasteiger partial charge in [0.1, 0.15) is 22.9 Å². The molecule has 44 heavy (non-hydrogen) atoms. The van der Waals surface area contributed by atoms with Crippen LogP contribution < -0.4 is 9.64 Å². The maximum Gasteiger partial charge on any atom is 0.573 e. The highest BCUT2D eigenvalue weighted by molar-refractivity contribution is 5.87. The van der Waals surface area contributed by atoms with Crippen LogP contribution in [0.15, 0.2) is 59.1 Å². The molecule has 0 bridgehead atoms. The second kappa shape index (κ2) is 12.0. The van der Waals surface area contributed by atoms with Crippen molar-refractivity contribution in [1.82, 2.24) is 14.9 Å². The second-order valence-corrected chi connectivity index (χ2v) is 11.3. The average Bonchev–Trinajstić information content (AvgIpc) is 3.63. The quantitative estimate of drug-likeness (QED) is 0.202. The smallest absolute Gasteiger partial charge is 0.477 e. The van der Waals surface area contributed by atoms with Crippen molar-refractivity contribution in [3.05, 3.63) is 71.6 Å². The lowest BCUT2D eigenvalue weighted by molar-refractivity contribution is -0.274. The normalized spacial score (nSPS) is 18.9. The van der Waals surface area contributed by atoms with Crippen LogP contribution in [0.25, 0.3) is 22.5 Å². The van der Waals surface area contributed by atoms with Gasteiger partial charge >= 0.3 is 12.3 Å². The first-order valence-electron chi connectivity index (χ1n) is 14.7. The molecule has 0 radical (unpaired) electrons. The van der Waals surface area contributed by atoms with Gasteiger partial charge in [-0.3, -0.25) is 4.68 Å². The van der Waals surface area contributed by atoms with Gasteiger partial charge in [0, 0.05) is 47.9 Å². The molecule has 2 aromatic carbocycles. The molecule has 6 rings (SSSR count). The van der Waals surface area contributed by atoms with Crippen LogP contribution in [0, 0.1) is 0 Å². The van der Waals surface area contributed by atoms with Crippen LogP contribution in [0.5, 0.6) is 5.75 Å². The number of hydrogen-bond donors (Lipinski definition) is 1. The standard InChI is InChI=1S/C32H33F3N4O5/c1-3-21-16-23(14-15-39(21)22-12-10-19(11-13-22)26-17-27(31(40)41)38(2)36-26)42-18-25-29(37-44-30(25)20-8-9-20)24-6-4-5-7-28(24)43-32(33,34)35/h4-7,10-13,17,20-21,23H,3,8-9,14-16,18H2,1-2H3,(H,40,41)/t21?,23-/m1/s1. The summed E-state index contributed by atoms with van der Waals surface area (Å²) in [5, 5.41) is 17.9. The zero-order chi connectivity index (χ0) is 31.0. The lowest BCUT2D eigenvalue weighted by Crippen LogP contribution is -2.44. The van der Waals surface area contributed by atoms with E-state index in [2.05, 4.69) is 26.8 Å². The molecule has 0 amide bonds. The van der Waals surface area contributed by atoms with E-state index < -0.39 is 12.3 Å². The number of nitrogens with zero attached hydrogens (tertiary/aromatic N) is 4. The minimum Gasteiger partial charge on any atom is -0.477 e. The second-order valence-electron chi connectivity index (χ2n) is 11.3. The van der Waals surface area contributed by atoms with Crippen molar-refractivity contribution in [1.29, 1.82) is 0 Å². The summed E-state index contributed by atoms with van der Waals surface area (Å²) in [6.07, 6.45) is -0.535. The number of anilines is 1. The molecule has 12 heteroatoms. The minimum absolute atomic E-state index is 0.0464. The molecule has 3 heterocycles. The highest BCUT2D eigenvalue weighted by Gasteiger charge is 2.36. The minimum atomic E-state index is -4.83. The number of halogens is 3. The Bertz CT molecular complexity index is 1630. The monoisotopic (exact) mass is 610 g/mol. The number of para-hydroxylation sites is 1. The van der Waals surface area contributed by atoms with E-state index >= 15 is 0 Å². The highest BCUT2D eigenvalue weighted by Crippen LogP contribution is 2.46. The van der Waals surface area contributed by atoms with Gasteiger partial charge in [-0.15, -0.1) is 13.2 Å². The molecule has 9 nitrogen and oxygen atoms in total. The zero-order valence-electron chi connectivity index (χ0n) is 24.4. The van der Waals surface area contributed by atoms with Crippen LogP contribution in [0.4, 0.5) is 18.9 Å². The Hall–Kier alpha value is -4.32. The molecule has 1 saturated carbocycles. The molecular formula is C32H33F3N4O5. The van der Waals surface area contributed by atoms with Gasteiger partial charge in [-0.25, -0.2) is 4.79 Å². The van der Waals surface area contributed by atoms with E-state index in [0.29, 0.717) is 22.7 Å². The van der Waals surface area contributed by atoms with Gasteiger partial charge in [0.05, 0.1) is 18.4 Å². The maximum atomic E-state index is 13.1. The van der Waals surface area contributed by atoms with Gasteiger partial charge in [-0.2, -0.15) is 5.10 Å². The van der Waals surface area contributed by atoms with Gasteiger partial charge in [0.2, 0.25) is 0 Å². The number of rotatable bonds is 10. The molecule has 1 saturated heterocycles. The van der Waals surface area contributed by atoms with Gasteiger partial charge in [-0.1, -0.05) is 36.3 Å². The molecule has 232 valence electrons. The molecule has 4 aromatic rings. The molecule has 0 spiro atoms. The van der Waals surface area contributed by atoms with Crippen molar-refractivity contribution in [2.45, 2.75) is 70.1 Å². The summed E-state index contributed by atoms with van der Waals surface area (Å²) >= 11 is 0. The number of carboxylic acids is 1. The molecule has 1 N–H and O–H groups in total. The van der Waals surface area contributed by atoms with E-state index in [1.165, 1.54) is 16.8 Å². The topological polar surface area (TPSA) is 103 Å². The first-order chi connectivity index (χ1) is 21.1. The van der Waals surface area contributed by atoms with Crippen molar-refractivity contribution < 1.29 is 37.1 Å². The van der Waals surface area contributed by atoms with Gasteiger partial charge in [0.15, 0.2) is 0 Å². The molecule has 2 fully saturated rings. The third-order valence-electron chi connectivity index (χ3n) is 8.33. The Balaban J connectivity index is 1.15. The number of carboxylic acid groups (broad SMARTS) is 1. The number of aromatic carboxylic acids is 1. The zero-order valence-corrected chi connectivity index (χ0v) is 24.4. The summed E-state index contributed by atoms with van der Waals surface area (Å²) < 4.78 is 57.1. The number of hydrogen-bond acceptors (Lipinski definition) is 7. The summed E-state index contributed by atoms with van der Waals surface area (Å²) in [5.41, 5.74) is 3.83. The number of aromatic nitrogens is 3. The van der Waals surface area contributed by atoms with E-state index in [1.54, 1.807) is 25.2 Å². The number of aryl methyl sites for hydroxylation is 1. The first-order valence-corrected chi connectivity index (χ1v) is 14.7. The van der Waals surface area contributed by atoms with Crippen LogP contribution in [-0.4, -0.2) is 51.1 Å². The fourth-order valence-corrected chi connectivity index (χ4v) is 5.94. The Kier molecular flexibility index (Phi) is 8.10. The van der Waals surface area contributed by atoms with Gasteiger partial charge in [0.25, 0.3) is 0 Å². The number of benzene rings is 2. The molecule has 1 unspecified atom stereocenters. The number of carbonyl (C=O) groups is 1. The third-order valence-corrected chi connectivity index (χ3v) is 8.33. The Morgan fingerprint density at radius 1 is 1.11 bits per heavy atom. The summed E-state index contributed by atoms with van der Waals surface area (Å²) in [5.74, 6) is -0.481. The van der Waals surface area contributed by atoms with Crippen LogP contribution in [-0.2, 0) is 18.4 Å². The summed E-state index contributed by atoms with van der Waals surface area (Å²) in [6, 6.07) is 15.7. The third kappa shape index (κ3) is 6.30. The van der Waals surface area contributed by atoms with E-state index in [4.69, 9.17) is 9.26 Å². The van der Waals surface area contributed by atoms with Crippen molar-refractivity contribution in [2.75, 3.05) is 11.4 Å². The lowest BCUT2D eigenvalue weighted by atomic mass is 9.96. The van der Waals surface area contributed by atoms with E-state index in [0.717, 1.165) is 49.9 Å². The summed E-state index contributed by atoms with van der Waals surface area (Å²) in [7, 11) is 1.61. The molecule has 1 aliphatic carbocycles. The largest absolute Gasteiger partial charge is 0.573 e. The summed E-state index contributed by atoms with van der Waals surface area (Å²) in [4.78, 5) is 13.8. The predicted octanol–water partition coefficient (Wildman–Crippen LogP) is 7.18. The SMILES string of the molecule is CCC1C[C@H](OCc2c(-c3ccccc3OC(F)(F)F)noc2C2CC2)CCN1c1ccc(-c2cc(C(=O)O)n(C)n2)cc1. The molecule has 2 aromatic heterocycles. The fraction of sp³-hybridized carbons (Fsp3) is 0.406. The molecule has 1 aliphatic heterocycles. The summed E-state index contributed by atoms with van der Waals surface area (Å²) in [6.45, 7) is 3.09. The Labute approximate surface area is 252 Å². The van der Waals surface area contributed by atoms with Crippen LogP contribution in [0.3, 0.4) is 0 Å². The Morgan fingerprint density at radius 2 is 1.86 bits per heavy atom. The number of alkyl halides is 3. The van der Waals surface area contributed by atoms with Crippen molar-refractivity contribution in [2.24, 2.45) is 7.05 Å². The Morgan fingerprint density at radius 3 is 2.52 bits per heavy atom. The predicted molar refractivity (Wildman–Crippen MR) is 155 cm³/mol. The molecule has 2 atom stereocenters. The van der Waals surface area contributed by atoms with E-state index in [-0.39, 0.29) is 41.7 Å². The molecular weight excluding hydrogens is 577 g/mol.